The third-order valence-corrected chi connectivity index (χ3v) is 6.47. The Morgan fingerprint density at radius 1 is 1.04 bits per heavy atom. The molecule has 7 heteroatoms. The molecule has 0 spiro atoms. The van der Waals surface area contributed by atoms with Crippen LogP contribution in [0.1, 0.15) is 15.9 Å². The molecule has 25 heavy (non-hydrogen) atoms. The van der Waals surface area contributed by atoms with Crippen molar-refractivity contribution < 1.29 is 17.9 Å². The standard InChI is InChI=1S/C18H18BrNO4S/c19-16-7-3-1-5-14(16)13-24-17-8-4-2-6-15(17)18(21)20-9-11-25(22,23)12-10-20/h1-8H,9-13H2. The van der Waals surface area contributed by atoms with Gasteiger partial charge in [0.15, 0.2) is 9.84 Å². The van der Waals surface area contributed by atoms with Crippen LogP contribution in [0.4, 0.5) is 0 Å². The minimum atomic E-state index is -3.02. The molecule has 2 aromatic carbocycles. The Morgan fingerprint density at radius 2 is 1.68 bits per heavy atom. The van der Waals surface area contributed by atoms with Crippen molar-refractivity contribution in [2.45, 2.75) is 6.61 Å². The van der Waals surface area contributed by atoms with Crippen molar-refractivity contribution in [2.24, 2.45) is 0 Å². The minimum Gasteiger partial charge on any atom is -0.488 e. The highest BCUT2D eigenvalue weighted by molar-refractivity contribution is 9.10. The molecule has 0 radical (unpaired) electrons. The van der Waals surface area contributed by atoms with E-state index < -0.39 is 9.84 Å². The van der Waals surface area contributed by atoms with Gasteiger partial charge in [0.25, 0.3) is 5.91 Å². The van der Waals surface area contributed by atoms with Gasteiger partial charge in [-0.15, -0.1) is 0 Å². The number of benzene rings is 2. The topological polar surface area (TPSA) is 63.7 Å². The highest BCUT2D eigenvalue weighted by atomic mass is 79.9. The third-order valence-electron chi connectivity index (χ3n) is 4.09. The van der Waals surface area contributed by atoms with E-state index in [0.29, 0.717) is 17.9 Å². The fourth-order valence-electron chi connectivity index (χ4n) is 2.63. The van der Waals surface area contributed by atoms with Crippen molar-refractivity contribution in [3.63, 3.8) is 0 Å². The largest absolute Gasteiger partial charge is 0.488 e. The first-order valence-electron chi connectivity index (χ1n) is 7.91. The van der Waals surface area contributed by atoms with Crippen molar-refractivity contribution >= 4 is 31.7 Å². The lowest BCUT2D eigenvalue weighted by Crippen LogP contribution is -2.43. The molecule has 1 heterocycles. The molecule has 0 atom stereocenters. The van der Waals surface area contributed by atoms with Gasteiger partial charge in [-0.2, -0.15) is 0 Å². The number of amides is 1. The van der Waals surface area contributed by atoms with Gasteiger partial charge in [0.1, 0.15) is 12.4 Å². The highest BCUT2D eigenvalue weighted by Crippen LogP contribution is 2.24. The van der Waals surface area contributed by atoms with Crippen LogP contribution in [0.2, 0.25) is 0 Å². The average molecular weight is 424 g/mol. The zero-order chi connectivity index (χ0) is 17.9. The number of ether oxygens (including phenoxy) is 1. The van der Waals surface area contributed by atoms with Gasteiger partial charge in [-0.3, -0.25) is 4.79 Å². The van der Waals surface area contributed by atoms with Crippen molar-refractivity contribution in [3.05, 3.63) is 64.1 Å². The molecule has 1 amide bonds. The van der Waals surface area contributed by atoms with Crippen molar-refractivity contribution in [1.29, 1.82) is 0 Å². The minimum absolute atomic E-state index is 0.0126. The van der Waals surface area contributed by atoms with Crippen molar-refractivity contribution in [1.82, 2.24) is 4.90 Å². The molecule has 3 rings (SSSR count). The summed E-state index contributed by atoms with van der Waals surface area (Å²) in [4.78, 5) is 14.3. The maximum Gasteiger partial charge on any atom is 0.257 e. The van der Waals surface area contributed by atoms with Crippen LogP contribution in [0.15, 0.2) is 53.0 Å². The maximum atomic E-state index is 12.8. The molecule has 5 nitrogen and oxygen atoms in total. The summed E-state index contributed by atoms with van der Waals surface area (Å²) < 4.78 is 29.9. The molecule has 132 valence electrons. The monoisotopic (exact) mass is 423 g/mol. The quantitative estimate of drug-likeness (QED) is 0.758. The number of para-hydroxylation sites is 1. The maximum absolute atomic E-state index is 12.8. The lowest BCUT2D eigenvalue weighted by Gasteiger charge is -2.27. The van der Waals surface area contributed by atoms with Crippen LogP contribution < -0.4 is 4.74 Å². The second-order valence-electron chi connectivity index (χ2n) is 5.82. The van der Waals surface area contributed by atoms with Gasteiger partial charge in [0.05, 0.1) is 17.1 Å². The van der Waals surface area contributed by atoms with Gasteiger partial charge >= 0.3 is 0 Å². The van der Waals surface area contributed by atoms with E-state index in [2.05, 4.69) is 15.9 Å². The molecule has 0 aliphatic carbocycles. The molecular formula is C18H18BrNO4S. The molecular weight excluding hydrogens is 406 g/mol. The summed E-state index contributed by atoms with van der Waals surface area (Å²) in [5.41, 5.74) is 1.43. The number of hydrogen-bond donors (Lipinski definition) is 0. The van der Waals surface area contributed by atoms with Crippen molar-refractivity contribution in [3.8, 4) is 5.75 Å². The van der Waals surface area contributed by atoms with Gasteiger partial charge in [0.2, 0.25) is 0 Å². The van der Waals surface area contributed by atoms with E-state index in [1.807, 2.05) is 30.3 Å². The summed E-state index contributed by atoms with van der Waals surface area (Å²) in [7, 11) is -3.02. The summed E-state index contributed by atoms with van der Waals surface area (Å²) in [5.74, 6) is 0.326. The van der Waals surface area contributed by atoms with E-state index in [9.17, 15) is 13.2 Å². The zero-order valence-electron chi connectivity index (χ0n) is 13.5. The number of carbonyl (C=O) groups excluding carboxylic acids is 1. The van der Waals surface area contributed by atoms with E-state index in [0.717, 1.165) is 10.0 Å². The Balaban J connectivity index is 1.74. The molecule has 0 unspecified atom stereocenters. The number of carbonyl (C=O) groups is 1. The lowest BCUT2D eigenvalue weighted by molar-refractivity contribution is 0.0765. The summed E-state index contributed by atoms with van der Waals surface area (Å²) in [6, 6.07) is 14.8. The molecule has 1 aliphatic rings. The van der Waals surface area contributed by atoms with E-state index in [4.69, 9.17) is 4.74 Å². The van der Waals surface area contributed by atoms with Crippen LogP contribution in [0.5, 0.6) is 5.75 Å². The number of halogens is 1. The molecule has 0 bridgehead atoms. The van der Waals surface area contributed by atoms with Gasteiger partial charge in [-0.25, -0.2) is 8.42 Å². The first kappa shape index (κ1) is 17.9. The first-order valence-corrected chi connectivity index (χ1v) is 10.5. The third kappa shape index (κ3) is 4.41. The molecule has 0 N–H and O–H groups in total. The van der Waals surface area contributed by atoms with Crippen LogP contribution in [0.3, 0.4) is 0 Å². The van der Waals surface area contributed by atoms with Crippen LogP contribution in [0, 0.1) is 0 Å². The Bertz CT molecular complexity index is 868. The number of rotatable bonds is 4. The van der Waals surface area contributed by atoms with Crippen LogP contribution >= 0.6 is 15.9 Å². The van der Waals surface area contributed by atoms with Gasteiger partial charge in [-0.1, -0.05) is 46.3 Å². The molecule has 1 aliphatic heterocycles. The summed E-state index contributed by atoms with van der Waals surface area (Å²) >= 11 is 3.48. The van der Waals surface area contributed by atoms with E-state index in [-0.39, 0.29) is 30.5 Å². The fourth-order valence-corrected chi connectivity index (χ4v) is 4.23. The van der Waals surface area contributed by atoms with E-state index in [1.165, 1.54) is 0 Å². The second kappa shape index (κ2) is 7.58. The molecule has 0 saturated carbocycles. The molecule has 2 aromatic rings. The molecule has 1 fully saturated rings. The number of hydrogen-bond acceptors (Lipinski definition) is 4. The predicted octanol–water partition coefficient (Wildman–Crippen LogP) is 2.90. The van der Waals surface area contributed by atoms with Crippen LogP contribution in [-0.4, -0.2) is 43.8 Å². The zero-order valence-corrected chi connectivity index (χ0v) is 15.9. The number of sulfone groups is 1. The Labute approximate surface area is 155 Å². The average Bonchev–Trinajstić information content (AvgIpc) is 2.61. The highest BCUT2D eigenvalue weighted by Gasteiger charge is 2.27. The lowest BCUT2D eigenvalue weighted by atomic mass is 10.1. The SMILES string of the molecule is O=C(c1ccccc1OCc1ccccc1Br)N1CCS(=O)(=O)CC1. The van der Waals surface area contributed by atoms with Gasteiger partial charge in [0, 0.05) is 23.1 Å². The first-order chi connectivity index (χ1) is 12.0. The Morgan fingerprint density at radius 3 is 2.40 bits per heavy atom. The van der Waals surface area contributed by atoms with Crippen LogP contribution in [0.25, 0.3) is 0 Å². The number of nitrogens with zero attached hydrogens (tertiary/aromatic N) is 1. The smallest absolute Gasteiger partial charge is 0.257 e. The summed E-state index contributed by atoms with van der Waals surface area (Å²) in [5, 5.41) is 0. The van der Waals surface area contributed by atoms with Gasteiger partial charge < -0.3 is 9.64 Å². The molecule has 1 saturated heterocycles. The summed E-state index contributed by atoms with van der Waals surface area (Å²) in [6.45, 7) is 0.777. The Kier molecular flexibility index (Phi) is 5.44. The van der Waals surface area contributed by atoms with Crippen molar-refractivity contribution in [2.75, 3.05) is 24.6 Å². The van der Waals surface area contributed by atoms with E-state index >= 15 is 0 Å². The Hall–Kier alpha value is -1.86. The van der Waals surface area contributed by atoms with Crippen LogP contribution in [-0.2, 0) is 16.4 Å². The van der Waals surface area contributed by atoms with E-state index in [1.54, 1.807) is 23.1 Å². The molecule has 0 aromatic heterocycles. The second-order valence-corrected chi connectivity index (χ2v) is 8.98. The fraction of sp³-hybridized carbons (Fsp3) is 0.278. The normalized spacial score (nSPS) is 16.4. The predicted molar refractivity (Wildman–Crippen MR) is 99.5 cm³/mol. The van der Waals surface area contributed by atoms with Gasteiger partial charge in [-0.05, 0) is 18.2 Å². The summed E-state index contributed by atoms with van der Waals surface area (Å²) in [6.07, 6.45) is 0.